The number of alkyl halides is 6. The molecule has 0 aliphatic rings. The van der Waals surface area contributed by atoms with E-state index in [1.54, 1.807) is 18.2 Å². The first kappa shape index (κ1) is 15.6. The van der Waals surface area contributed by atoms with Gasteiger partial charge >= 0.3 is 12.4 Å². The fraction of sp³-hybridized carbons (Fsp3) is 0.308. The highest BCUT2D eigenvalue weighted by Gasteiger charge is 2.59. The molecule has 2 nitrogen and oxygen atoms in total. The van der Waals surface area contributed by atoms with Crippen LogP contribution in [0.15, 0.2) is 36.5 Å². The molecule has 8 heteroatoms. The number of aromatic nitrogens is 1. The van der Waals surface area contributed by atoms with Gasteiger partial charge in [-0.1, -0.05) is 18.2 Å². The van der Waals surface area contributed by atoms with Crippen LogP contribution in [0.2, 0.25) is 0 Å². The van der Waals surface area contributed by atoms with Crippen LogP contribution in [-0.4, -0.2) is 17.3 Å². The van der Waals surface area contributed by atoms with Gasteiger partial charge in [0.1, 0.15) is 0 Å². The normalized spacial score (nSPS) is 14.7. The van der Waals surface area contributed by atoms with Crippen molar-refractivity contribution in [3.63, 3.8) is 0 Å². The molecule has 0 fully saturated rings. The third kappa shape index (κ3) is 3.26. The van der Waals surface area contributed by atoms with E-state index in [0.717, 1.165) is 6.20 Å². The molecule has 2 N–H and O–H groups in total. The maximum atomic E-state index is 12.6. The quantitative estimate of drug-likeness (QED) is 0.852. The summed E-state index contributed by atoms with van der Waals surface area (Å²) in [7, 11) is 0. The van der Waals surface area contributed by atoms with E-state index < -0.39 is 24.3 Å². The van der Waals surface area contributed by atoms with Crippen LogP contribution in [0.5, 0.6) is 0 Å². The van der Waals surface area contributed by atoms with Crippen molar-refractivity contribution in [1.82, 2.24) is 4.98 Å². The van der Waals surface area contributed by atoms with Gasteiger partial charge in [-0.2, -0.15) is 26.3 Å². The predicted octanol–water partition coefficient (Wildman–Crippen LogP) is 3.98. The molecule has 0 spiro atoms. The summed E-state index contributed by atoms with van der Waals surface area (Å²) in [5, 5.41) is 0.425. The monoisotopic (exact) mass is 308 g/mol. The predicted molar refractivity (Wildman–Crippen MR) is 64.3 cm³/mol. The summed E-state index contributed by atoms with van der Waals surface area (Å²) in [5.41, 5.74) is 5.37. The second-order valence-corrected chi connectivity index (χ2v) is 4.55. The van der Waals surface area contributed by atoms with E-state index in [1.165, 1.54) is 12.1 Å². The zero-order chi connectivity index (χ0) is 15.8. The van der Waals surface area contributed by atoms with Crippen molar-refractivity contribution in [1.29, 1.82) is 0 Å². The van der Waals surface area contributed by atoms with Crippen molar-refractivity contribution < 1.29 is 26.3 Å². The molecule has 1 unspecified atom stereocenters. The van der Waals surface area contributed by atoms with Crippen molar-refractivity contribution in [2.24, 2.45) is 11.7 Å². The Morgan fingerprint density at radius 1 is 0.952 bits per heavy atom. The van der Waals surface area contributed by atoms with E-state index in [1.807, 2.05) is 0 Å². The first-order chi connectivity index (χ1) is 9.60. The third-order valence-corrected chi connectivity index (χ3v) is 3.06. The Morgan fingerprint density at radius 2 is 1.52 bits per heavy atom. The zero-order valence-electron chi connectivity index (χ0n) is 10.4. The van der Waals surface area contributed by atoms with Crippen LogP contribution in [0.25, 0.3) is 10.9 Å². The number of fused-ring (bicyclic) bond motifs is 1. The average molecular weight is 308 g/mol. The summed E-state index contributed by atoms with van der Waals surface area (Å²) in [5.74, 6) is -3.63. The topological polar surface area (TPSA) is 38.9 Å². The number of pyridine rings is 1. The largest absolute Gasteiger partial charge is 0.402 e. The van der Waals surface area contributed by atoms with Gasteiger partial charge in [0.25, 0.3) is 0 Å². The Morgan fingerprint density at radius 3 is 2.10 bits per heavy atom. The molecule has 1 atom stereocenters. The molecule has 0 radical (unpaired) electrons. The summed E-state index contributed by atoms with van der Waals surface area (Å²) >= 11 is 0. The van der Waals surface area contributed by atoms with Gasteiger partial charge in [0.2, 0.25) is 0 Å². The minimum Gasteiger partial charge on any atom is -0.323 e. The van der Waals surface area contributed by atoms with Crippen molar-refractivity contribution in [3.8, 4) is 0 Å². The Kier molecular flexibility index (Phi) is 3.83. The molecule has 0 saturated carbocycles. The van der Waals surface area contributed by atoms with Crippen LogP contribution in [0.4, 0.5) is 26.3 Å². The molecule has 21 heavy (non-hydrogen) atoms. The Bertz CT molecular complexity index is 620. The van der Waals surface area contributed by atoms with Crippen LogP contribution in [0.1, 0.15) is 11.6 Å². The molecule has 0 bridgehead atoms. The number of rotatable bonds is 2. The van der Waals surface area contributed by atoms with Crippen LogP contribution in [-0.2, 0) is 0 Å². The highest BCUT2D eigenvalue weighted by atomic mass is 19.4. The number of nitrogens with zero attached hydrogens (tertiary/aromatic N) is 1. The number of hydrogen-bond donors (Lipinski definition) is 1. The first-order valence-corrected chi connectivity index (χ1v) is 5.84. The molecule has 114 valence electrons. The molecule has 1 heterocycles. The Balaban J connectivity index is 2.46. The minimum absolute atomic E-state index is 0.312. The SMILES string of the molecule is NC(c1cnc2ccccc2c1)C(C(F)(F)F)C(F)(F)F. The van der Waals surface area contributed by atoms with Gasteiger partial charge in [-0.25, -0.2) is 0 Å². The van der Waals surface area contributed by atoms with E-state index in [-0.39, 0.29) is 5.56 Å². The highest BCUT2D eigenvalue weighted by molar-refractivity contribution is 5.78. The van der Waals surface area contributed by atoms with E-state index in [2.05, 4.69) is 4.98 Å². The molecule has 0 aliphatic carbocycles. The minimum atomic E-state index is -5.48. The molecule has 1 aromatic heterocycles. The van der Waals surface area contributed by atoms with Gasteiger partial charge in [0.05, 0.1) is 11.6 Å². The second-order valence-electron chi connectivity index (χ2n) is 4.55. The van der Waals surface area contributed by atoms with E-state index >= 15 is 0 Å². The van der Waals surface area contributed by atoms with Gasteiger partial charge in [0.15, 0.2) is 5.92 Å². The van der Waals surface area contributed by atoms with E-state index in [9.17, 15) is 26.3 Å². The maximum Gasteiger partial charge on any atom is 0.402 e. The number of para-hydroxylation sites is 1. The lowest BCUT2D eigenvalue weighted by molar-refractivity contribution is -0.290. The molecule has 0 saturated heterocycles. The van der Waals surface area contributed by atoms with Gasteiger partial charge in [0, 0.05) is 11.6 Å². The van der Waals surface area contributed by atoms with Gasteiger partial charge < -0.3 is 5.73 Å². The zero-order valence-corrected chi connectivity index (χ0v) is 10.4. The average Bonchev–Trinajstić information content (AvgIpc) is 2.34. The number of halogens is 6. The lowest BCUT2D eigenvalue weighted by Crippen LogP contribution is -2.44. The highest BCUT2D eigenvalue weighted by Crippen LogP contribution is 2.45. The number of hydrogen-bond acceptors (Lipinski definition) is 2. The summed E-state index contributed by atoms with van der Waals surface area (Å²) in [6.07, 6.45) is -10.0. The fourth-order valence-electron chi connectivity index (χ4n) is 2.06. The van der Waals surface area contributed by atoms with Gasteiger partial charge in [-0.15, -0.1) is 0 Å². The first-order valence-electron chi connectivity index (χ1n) is 5.84. The molecule has 1 aromatic carbocycles. The summed E-state index contributed by atoms with van der Waals surface area (Å²) < 4.78 is 75.9. The number of benzene rings is 1. The Hall–Kier alpha value is -1.83. The third-order valence-electron chi connectivity index (χ3n) is 3.06. The van der Waals surface area contributed by atoms with Crippen LogP contribution >= 0.6 is 0 Å². The maximum absolute atomic E-state index is 12.6. The van der Waals surface area contributed by atoms with E-state index in [0.29, 0.717) is 10.9 Å². The molecular weight excluding hydrogens is 298 g/mol. The van der Waals surface area contributed by atoms with Gasteiger partial charge in [-0.3, -0.25) is 4.98 Å². The van der Waals surface area contributed by atoms with Crippen LogP contribution in [0.3, 0.4) is 0 Å². The van der Waals surface area contributed by atoms with Gasteiger partial charge in [-0.05, 0) is 17.7 Å². The van der Waals surface area contributed by atoms with Crippen molar-refractivity contribution >= 4 is 10.9 Å². The lowest BCUT2D eigenvalue weighted by atomic mass is 9.93. The molecule has 2 rings (SSSR count). The smallest absolute Gasteiger partial charge is 0.323 e. The fourth-order valence-corrected chi connectivity index (χ4v) is 2.06. The van der Waals surface area contributed by atoms with Crippen molar-refractivity contribution in [2.75, 3.05) is 0 Å². The van der Waals surface area contributed by atoms with Crippen molar-refractivity contribution in [2.45, 2.75) is 18.4 Å². The second kappa shape index (κ2) is 5.18. The lowest BCUT2D eigenvalue weighted by Gasteiger charge is -2.28. The Labute approximate surface area is 115 Å². The summed E-state index contributed by atoms with van der Waals surface area (Å²) in [4.78, 5) is 3.83. The summed E-state index contributed by atoms with van der Waals surface area (Å²) in [6, 6.07) is 5.32. The molecule has 2 aromatic rings. The molecule has 0 amide bonds. The standard InChI is InChI=1S/C13H10F6N2/c14-12(15,16)11(13(17,18)19)10(20)8-5-7-3-1-2-4-9(7)21-6-8/h1-6,10-11H,20H2. The summed E-state index contributed by atoms with van der Waals surface area (Å²) in [6.45, 7) is 0. The molecular formula is C13H10F6N2. The van der Waals surface area contributed by atoms with Crippen molar-refractivity contribution in [3.05, 3.63) is 42.1 Å². The van der Waals surface area contributed by atoms with Crippen LogP contribution in [0, 0.1) is 5.92 Å². The van der Waals surface area contributed by atoms with E-state index in [4.69, 9.17) is 5.73 Å². The van der Waals surface area contributed by atoms with Crippen LogP contribution < -0.4 is 5.73 Å². The molecule has 0 aliphatic heterocycles. The number of nitrogens with two attached hydrogens (primary N) is 1.